The maximum Gasteiger partial charge on any atom is 0.0853 e. The number of hydrogen-bond donors (Lipinski definition) is 1. The van der Waals surface area contributed by atoms with Gasteiger partial charge in [-0.15, -0.1) is 0 Å². The van der Waals surface area contributed by atoms with E-state index in [1.54, 1.807) is 0 Å². The van der Waals surface area contributed by atoms with Crippen molar-refractivity contribution in [1.29, 1.82) is 0 Å². The zero-order valence-corrected chi connectivity index (χ0v) is 12.3. The molecule has 0 amide bonds. The lowest BCUT2D eigenvalue weighted by atomic mass is 9.96. The molecule has 0 saturated heterocycles. The van der Waals surface area contributed by atoms with Gasteiger partial charge in [0.15, 0.2) is 0 Å². The van der Waals surface area contributed by atoms with Gasteiger partial charge in [0, 0.05) is 6.20 Å². The van der Waals surface area contributed by atoms with E-state index in [2.05, 4.69) is 22.0 Å². The van der Waals surface area contributed by atoms with E-state index in [0.29, 0.717) is 12.6 Å². The van der Waals surface area contributed by atoms with Gasteiger partial charge in [0.25, 0.3) is 0 Å². The second kappa shape index (κ2) is 5.31. The zero-order chi connectivity index (χ0) is 14.1. The van der Waals surface area contributed by atoms with Crippen LogP contribution in [-0.4, -0.2) is 19.6 Å². The summed E-state index contributed by atoms with van der Waals surface area (Å²) in [5.74, 6) is 0. The second-order valence-electron chi connectivity index (χ2n) is 5.82. The van der Waals surface area contributed by atoms with Gasteiger partial charge in [-0.25, -0.2) is 0 Å². The van der Waals surface area contributed by atoms with Gasteiger partial charge in [0.2, 0.25) is 0 Å². The molecule has 0 bridgehead atoms. The topological polar surface area (TPSA) is 61.7 Å². The third-order valence-corrected chi connectivity index (χ3v) is 4.36. The van der Waals surface area contributed by atoms with Crippen LogP contribution < -0.4 is 5.73 Å². The fourth-order valence-corrected chi connectivity index (χ4v) is 3.03. The summed E-state index contributed by atoms with van der Waals surface area (Å²) in [6.07, 6.45) is 8.65. The number of aryl methyl sites for hydroxylation is 1. The van der Waals surface area contributed by atoms with E-state index >= 15 is 0 Å². The van der Waals surface area contributed by atoms with Crippen molar-refractivity contribution in [2.75, 3.05) is 5.73 Å². The van der Waals surface area contributed by atoms with Crippen molar-refractivity contribution in [2.45, 2.75) is 58.5 Å². The molecular weight excluding hydrogens is 250 g/mol. The van der Waals surface area contributed by atoms with Crippen molar-refractivity contribution in [1.82, 2.24) is 19.6 Å². The second-order valence-corrected chi connectivity index (χ2v) is 5.82. The van der Waals surface area contributed by atoms with E-state index in [9.17, 15) is 0 Å². The summed E-state index contributed by atoms with van der Waals surface area (Å²) in [7, 11) is 0. The Kier molecular flexibility index (Phi) is 3.51. The maximum absolute atomic E-state index is 5.97. The third-order valence-electron chi connectivity index (χ3n) is 4.36. The molecule has 0 unspecified atom stereocenters. The Labute approximate surface area is 119 Å². The van der Waals surface area contributed by atoms with Crippen LogP contribution in [-0.2, 0) is 6.54 Å². The molecule has 0 radical (unpaired) electrons. The molecule has 5 nitrogen and oxygen atoms in total. The minimum atomic E-state index is 0.586. The van der Waals surface area contributed by atoms with E-state index in [1.807, 2.05) is 18.5 Å². The fraction of sp³-hybridized carbons (Fsp3) is 0.600. The van der Waals surface area contributed by atoms with Gasteiger partial charge in [-0.2, -0.15) is 10.2 Å². The predicted octanol–water partition coefficient (Wildman–Crippen LogP) is 2.83. The SMILES string of the molecule is Cc1nn(Cc2ccn(C3CCCCC3)n2)c(C)c1N. The van der Waals surface area contributed by atoms with Gasteiger partial charge < -0.3 is 5.73 Å². The molecule has 1 aliphatic carbocycles. The van der Waals surface area contributed by atoms with Crippen LogP contribution >= 0.6 is 0 Å². The molecule has 2 aromatic heterocycles. The molecule has 1 saturated carbocycles. The van der Waals surface area contributed by atoms with Crippen LogP contribution in [0.4, 0.5) is 5.69 Å². The molecule has 1 aliphatic rings. The normalized spacial score (nSPS) is 16.7. The van der Waals surface area contributed by atoms with Crippen molar-refractivity contribution in [3.63, 3.8) is 0 Å². The number of nitrogens with two attached hydrogens (primary N) is 1. The molecule has 5 heteroatoms. The lowest BCUT2D eigenvalue weighted by Gasteiger charge is -2.21. The van der Waals surface area contributed by atoms with Crippen LogP contribution in [0, 0.1) is 13.8 Å². The van der Waals surface area contributed by atoms with Gasteiger partial charge in [0.1, 0.15) is 0 Å². The van der Waals surface area contributed by atoms with E-state index in [4.69, 9.17) is 10.8 Å². The van der Waals surface area contributed by atoms with E-state index in [0.717, 1.165) is 22.8 Å². The summed E-state index contributed by atoms with van der Waals surface area (Å²) < 4.78 is 4.09. The molecule has 0 aromatic carbocycles. The summed E-state index contributed by atoms with van der Waals surface area (Å²) in [4.78, 5) is 0. The minimum Gasteiger partial charge on any atom is -0.396 e. The van der Waals surface area contributed by atoms with E-state index in [-0.39, 0.29) is 0 Å². The first kappa shape index (κ1) is 13.2. The number of nitrogens with zero attached hydrogens (tertiary/aromatic N) is 4. The van der Waals surface area contributed by atoms with Crippen molar-refractivity contribution in [2.24, 2.45) is 0 Å². The highest BCUT2D eigenvalue weighted by atomic mass is 15.3. The van der Waals surface area contributed by atoms with Crippen LogP contribution in [0.3, 0.4) is 0 Å². The Morgan fingerprint density at radius 2 is 1.95 bits per heavy atom. The standard InChI is InChI=1S/C15H23N5/c1-11-15(16)12(2)20(17-11)10-13-8-9-19(18-13)14-6-4-3-5-7-14/h8-9,14H,3-7,10,16H2,1-2H3. The van der Waals surface area contributed by atoms with Crippen LogP contribution in [0.15, 0.2) is 12.3 Å². The average molecular weight is 273 g/mol. The van der Waals surface area contributed by atoms with Crippen molar-refractivity contribution >= 4 is 5.69 Å². The van der Waals surface area contributed by atoms with Gasteiger partial charge in [0.05, 0.1) is 35.4 Å². The van der Waals surface area contributed by atoms with Crippen LogP contribution in [0.5, 0.6) is 0 Å². The summed E-state index contributed by atoms with van der Waals surface area (Å²) in [6.45, 7) is 4.65. The summed E-state index contributed by atoms with van der Waals surface area (Å²) in [5, 5.41) is 9.19. The molecule has 0 aliphatic heterocycles. The molecule has 2 N–H and O–H groups in total. The Morgan fingerprint density at radius 3 is 2.60 bits per heavy atom. The molecule has 2 heterocycles. The summed E-state index contributed by atoms with van der Waals surface area (Å²) in [5.41, 5.74) is 9.74. The van der Waals surface area contributed by atoms with Gasteiger partial charge in [-0.3, -0.25) is 9.36 Å². The maximum atomic E-state index is 5.97. The molecule has 2 aromatic rings. The van der Waals surface area contributed by atoms with Crippen molar-refractivity contribution in [3.05, 3.63) is 29.3 Å². The summed E-state index contributed by atoms with van der Waals surface area (Å²) >= 11 is 0. The number of anilines is 1. The van der Waals surface area contributed by atoms with Gasteiger partial charge >= 0.3 is 0 Å². The number of hydrogen-bond acceptors (Lipinski definition) is 3. The number of aromatic nitrogens is 4. The quantitative estimate of drug-likeness (QED) is 0.935. The predicted molar refractivity (Wildman–Crippen MR) is 79.6 cm³/mol. The average Bonchev–Trinajstić information content (AvgIpc) is 3.02. The molecule has 108 valence electrons. The highest BCUT2D eigenvalue weighted by Gasteiger charge is 2.16. The van der Waals surface area contributed by atoms with Gasteiger partial charge in [-0.05, 0) is 32.8 Å². The van der Waals surface area contributed by atoms with Crippen LogP contribution in [0.2, 0.25) is 0 Å². The molecule has 20 heavy (non-hydrogen) atoms. The first-order chi connectivity index (χ1) is 9.65. The smallest absolute Gasteiger partial charge is 0.0853 e. The Balaban J connectivity index is 1.75. The number of rotatable bonds is 3. The molecule has 0 atom stereocenters. The molecule has 3 rings (SSSR count). The zero-order valence-electron chi connectivity index (χ0n) is 12.3. The molecule has 0 spiro atoms. The van der Waals surface area contributed by atoms with Crippen LogP contribution in [0.25, 0.3) is 0 Å². The van der Waals surface area contributed by atoms with Gasteiger partial charge in [-0.1, -0.05) is 19.3 Å². The first-order valence-corrected chi connectivity index (χ1v) is 7.48. The molecule has 1 fully saturated rings. The summed E-state index contributed by atoms with van der Waals surface area (Å²) in [6, 6.07) is 2.68. The molecular formula is C15H23N5. The lowest BCUT2D eigenvalue weighted by molar-refractivity contribution is 0.327. The highest BCUT2D eigenvalue weighted by molar-refractivity contribution is 5.46. The minimum absolute atomic E-state index is 0.586. The Hall–Kier alpha value is -1.78. The fourth-order valence-electron chi connectivity index (χ4n) is 3.03. The van der Waals surface area contributed by atoms with E-state index < -0.39 is 0 Å². The van der Waals surface area contributed by atoms with E-state index in [1.165, 1.54) is 32.1 Å². The first-order valence-electron chi connectivity index (χ1n) is 7.48. The largest absolute Gasteiger partial charge is 0.396 e. The monoisotopic (exact) mass is 273 g/mol. The Bertz CT molecular complexity index is 589. The van der Waals surface area contributed by atoms with Crippen molar-refractivity contribution in [3.8, 4) is 0 Å². The number of nitrogen functional groups attached to an aromatic ring is 1. The third kappa shape index (κ3) is 2.44. The van der Waals surface area contributed by atoms with Crippen LogP contribution in [0.1, 0.15) is 55.2 Å². The Morgan fingerprint density at radius 1 is 1.20 bits per heavy atom. The highest BCUT2D eigenvalue weighted by Crippen LogP contribution is 2.27. The van der Waals surface area contributed by atoms with Crippen molar-refractivity contribution < 1.29 is 0 Å². The lowest BCUT2D eigenvalue weighted by Crippen LogP contribution is -2.14.